The molecule has 0 aromatic heterocycles. The van der Waals surface area contributed by atoms with Crippen molar-refractivity contribution in [2.75, 3.05) is 7.11 Å². The van der Waals surface area contributed by atoms with Gasteiger partial charge in [-0.25, -0.2) is 0 Å². The first-order valence-electron chi connectivity index (χ1n) is 8.35. The molecule has 0 radical (unpaired) electrons. The monoisotopic (exact) mass is 333 g/mol. The van der Waals surface area contributed by atoms with E-state index in [9.17, 15) is 0 Å². The summed E-state index contributed by atoms with van der Waals surface area (Å²) in [5.41, 5.74) is 6.48. The average molecular weight is 333 g/mol. The number of ether oxygens (including phenoxy) is 1. The minimum atomic E-state index is -0.120. The van der Waals surface area contributed by atoms with E-state index in [0.29, 0.717) is 0 Å². The molecule has 1 aliphatic heterocycles. The second-order valence-electron chi connectivity index (χ2n) is 6.63. The zero-order valence-corrected chi connectivity index (χ0v) is 14.9. The molecule has 0 unspecified atom stereocenters. The lowest BCUT2D eigenvalue weighted by Gasteiger charge is -2.28. The molecular formula is C21H23N3O. The standard InChI is InChI=1S/C21H23N3O/c1-21(2)15-17-8-4-5-9-19(17)20(23-21)24-22-14-6-7-16-10-12-18(25-3)13-11-16/h4-14H,15H2,1-3H3,(H,23,24)/b7-6+,22-14-. The van der Waals surface area contributed by atoms with Crippen LogP contribution in [0.5, 0.6) is 5.75 Å². The number of nitrogens with one attached hydrogen (secondary N) is 1. The van der Waals surface area contributed by atoms with Crippen LogP contribution in [0.2, 0.25) is 0 Å². The number of nitrogens with zero attached hydrogens (tertiary/aromatic N) is 2. The van der Waals surface area contributed by atoms with E-state index in [4.69, 9.17) is 9.73 Å². The van der Waals surface area contributed by atoms with Crippen LogP contribution in [0.15, 0.2) is 64.7 Å². The van der Waals surface area contributed by atoms with Crippen molar-refractivity contribution < 1.29 is 4.74 Å². The van der Waals surface area contributed by atoms with Crippen molar-refractivity contribution in [3.63, 3.8) is 0 Å². The number of fused-ring (bicyclic) bond motifs is 1. The van der Waals surface area contributed by atoms with Crippen molar-refractivity contribution >= 4 is 18.1 Å². The summed E-state index contributed by atoms with van der Waals surface area (Å²) < 4.78 is 5.15. The maximum atomic E-state index is 5.15. The van der Waals surface area contributed by atoms with Crippen molar-refractivity contribution in [2.45, 2.75) is 25.8 Å². The first kappa shape index (κ1) is 17.0. The van der Waals surface area contributed by atoms with E-state index >= 15 is 0 Å². The molecule has 1 aliphatic rings. The van der Waals surface area contributed by atoms with Gasteiger partial charge in [0.05, 0.1) is 12.6 Å². The fraction of sp³-hybridized carbons (Fsp3) is 0.238. The lowest BCUT2D eigenvalue weighted by molar-refractivity contribution is 0.415. The van der Waals surface area contributed by atoms with Gasteiger partial charge in [-0.15, -0.1) is 0 Å². The van der Waals surface area contributed by atoms with Crippen molar-refractivity contribution in [1.82, 2.24) is 5.43 Å². The Morgan fingerprint density at radius 3 is 2.64 bits per heavy atom. The number of hydrogen-bond donors (Lipinski definition) is 1. The van der Waals surface area contributed by atoms with E-state index < -0.39 is 0 Å². The van der Waals surface area contributed by atoms with Gasteiger partial charge in [-0.2, -0.15) is 5.10 Å². The Labute approximate surface area is 149 Å². The van der Waals surface area contributed by atoms with Crippen LogP contribution in [0.4, 0.5) is 0 Å². The van der Waals surface area contributed by atoms with Gasteiger partial charge < -0.3 is 4.74 Å². The third kappa shape index (κ3) is 4.35. The zero-order valence-electron chi connectivity index (χ0n) is 14.9. The Bertz CT molecular complexity index is 817. The Kier molecular flexibility index (Phi) is 4.98. The number of rotatable bonds is 4. The van der Waals surface area contributed by atoms with Gasteiger partial charge in [-0.1, -0.05) is 42.5 Å². The average Bonchev–Trinajstić information content (AvgIpc) is 2.61. The number of hydrogen-bond acceptors (Lipinski definition) is 4. The Balaban J connectivity index is 1.66. The fourth-order valence-corrected chi connectivity index (χ4v) is 2.87. The lowest BCUT2D eigenvalue weighted by Crippen LogP contribution is -2.34. The Hall–Kier alpha value is -2.88. The molecular weight excluding hydrogens is 310 g/mol. The van der Waals surface area contributed by atoms with E-state index in [-0.39, 0.29) is 5.54 Å². The minimum absolute atomic E-state index is 0.120. The topological polar surface area (TPSA) is 46.0 Å². The first-order valence-corrected chi connectivity index (χ1v) is 8.35. The molecule has 2 aromatic carbocycles. The van der Waals surface area contributed by atoms with Crippen molar-refractivity contribution in [3.8, 4) is 5.75 Å². The Morgan fingerprint density at radius 1 is 1.12 bits per heavy atom. The number of benzene rings is 2. The Morgan fingerprint density at radius 2 is 1.88 bits per heavy atom. The van der Waals surface area contributed by atoms with Crippen molar-refractivity contribution in [2.24, 2.45) is 10.1 Å². The quantitative estimate of drug-likeness (QED) is 0.677. The molecule has 1 N–H and O–H groups in total. The largest absolute Gasteiger partial charge is 0.497 e. The highest BCUT2D eigenvalue weighted by Gasteiger charge is 2.26. The summed E-state index contributed by atoms with van der Waals surface area (Å²) in [6, 6.07) is 16.2. The molecule has 0 amide bonds. The molecule has 0 atom stereocenters. The molecule has 0 fully saturated rings. The van der Waals surface area contributed by atoms with Gasteiger partial charge in [0.2, 0.25) is 0 Å². The molecule has 2 aromatic rings. The van der Waals surface area contributed by atoms with Crippen LogP contribution in [-0.4, -0.2) is 24.7 Å². The summed E-state index contributed by atoms with van der Waals surface area (Å²) in [6.45, 7) is 4.27. The SMILES string of the molecule is COc1ccc(/C=C/C=N\NC2=NC(C)(C)Cc3ccccc32)cc1. The van der Waals surface area contributed by atoms with Gasteiger partial charge >= 0.3 is 0 Å². The molecule has 25 heavy (non-hydrogen) atoms. The van der Waals surface area contributed by atoms with Crippen LogP contribution in [0, 0.1) is 0 Å². The van der Waals surface area contributed by atoms with Crippen LogP contribution < -0.4 is 10.2 Å². The summed E-state index contributed by atoms with van der Waals surface area (Å²) in [6.07, 6.45) is 6.56. The zero-order chi connectivity index (χ0) is 17.7. The summed E-state index contributed by atoms with van der Waals surface area (Å²) in [5.74, 6) is 1.67. The highest BCUT2D eigenvalue weighted by molar-refractivity contribution is 6.01. The molecule has 0 spiro atoms. The third-order valence-electron chi connectivity index (χ3n) is 4.05. The summed E-state index contributed by atoms with van der Waals surface area (Å²) >= 11 is 0. The maximum Gasteiger partial charge on any atom is 0.149 e. The van der Waals surface area contributed by atoms with Gasteiger partial charge in [-0.05, 0) is 49.6 Å². The molecule has 3 rings (SSSR count). The normalized spacial score (nSPS) is 15.9. The number of amidine groups is 1. The van der Waals surface area contributed by atoms with E-state index in [1.54, 1.807) is 13.3 Å². The summed E-state index contributed by atoms with van der Waals surface area (Å²) in [4.78, 5) is 4.78. The second kappa shape index (κ2) is 7.34. The van der Waals surface area contributed by atoms with Crippen LogP contribution in [0.25, 0.3) is 6.08 Å². The van der Waals surface area contributed by atoms with Crippen LogP contribution >= 0.6 is 0 Å². The van der Waals surface area contributed by atoms with Gasteiger partial charge in [0.15, 0.2) is 0 Å². The number of hydrazone groups is 1. The van der Waals surface area contributed by atoms with Crippen LogP contribution in [0.3, 0.4) is 0 Å². The molecule has 0 aliphatic carbocycles. The van der Waals surface area contributed by atoms with Crippen LogP contribution in [0.1, 0.15) is 30.5 Å². The fourth-order valence-electron chi connectivity index (χ4n) is 2.87. The second-order valence-corrected chi connectivity index (χ2v) is 6.63. The highest BCUT2D eigenvalue weighted by atomic mass is 16.5. The van der Waals surface area contributed by atoms with Gasteiger partial charge in [0.25, 0.3) is 0 Å². The smallest absolute Gasteiger partial charge is 0.149 e. The number of aliphatic imine (C=N–C) groups is 1. The third-order valence-corrected chi connectivity index (χ3v) is 4.05. The summed E-state index contributed by atoms with van der Waals surface area (Å²) in [5, 5.41) is 4.29. The molecule has 128 valence electrons. The van der Waals surface area contributed by atoms with Crippen LogP contribution in [-0.2, 0) is 6.42 Å². The van der Waals surface area contributed by atoms with Gasteiger partial charge in [0, 0.05) is 11.8 Å². The molecule has 4 heteroatoms. The van der Waals surface area contributed by atoms with Gasteiger partial charge in [0.1, 0.15) is 11.6 Å². The van der Waals surface area contributed by atoms with Gasteiger partial charge in [-0.3, -0.25) is 10.4 Å². The molecule has 0 saturated heterocycles. The molecule has 4 nitrogen and oxygen atoms in total. The lowest BCUT2D eigenvalue weighted by atomic mass is 9.89. The summed E-state index contributed by atoms with van der Waals surface area (Å²) in [7, 11) is 1.66. The van der Waals surface area contributed by atoms with E-state index in [0.717, 1.165) is 29.1 Å². The predicted octanol–water partition coefficient (Wildman–Crippen LogP) is 4.07. The maximum absolute atomic E-state index is 5.15. The first-order chi connectivity index (χ1) is 12.1. The number of methoxy groups -OCH3 is 1. The number of allylic oxidation sites excluding steroid dienone is 1. The highest BCUT2D eigenvalue weighted by Crippen LogP contribution is 2.25. The predicted molar refractivity (Wildman–Crippen MR) is 104 cm³/mol. The molecule has 0 saturated carbocycles. The molecule has 0 bridgehead atoms. The minimum Gasteiger partial charge on any atom is -0.497 e. The van der Waals surface area contributed by atoms with Crippen molar-refractivity contribution in [3.05, 3.63) is 71.3 Å². The van der Waals surface area contributed by atoms with E-state index in [1.165, 1.54) is 5.56 Å². The van der Waals surface area contributed by atoms with E-state index in [1.807, 2.05) is 42.5 Å². The molecule has 1 heterocycles. The van der Waals surface area contributed by atoms with Crippen molar-refractivity contribution in [1.29, 1.82) is 0 Å². The van der Waals surface area contributed by atoms with E-state index in [2.05, 4.69) is 42.6 Å².